The van der Waals surface area contributed by atoms with Crippen LogP contribution >= 0.6 is 0 Å². The predicted molar refractivity (Wildman–Crippen MR) is 95.9 cm³/mol. The molecule has 0 radical (unpaired) electrons. The Morgan fingerprint density at radius 1 is 1.31 bits per heavy atom. The molecule has 1 aromatic heterocycles. The van der Waals surface area contributed by atoms with Crippen LogP contribution in [0, 0.1) is 17.0 Å². The van der Waals surface area contributed by atoms with Gasteiger partial charge in [0.25, 0.3) is 10.1 Å². The second-order valence-corrected chi connectivity index (χ2v) is 7.37. The van der Waals surface area contributed by atoms with Gasteiger partial charge in [0.1, 0.15) is 19.3 Å². The number of rotatable bonds is 8. The summed E-state index contributed by atoms with van der Waals surface area (Å²) in [6, 6.07) is 6.24. The van der Waals surface area contributed by atoms with Crippen LogP contribution in [0.4, 0.5) is 5.82 Å². The summed E-state index contributed by atoms with van der Waals surface area (Å²) in [5.41, 5.74) is 0.926. The van der Waals surface area contributed by atoms with E-state index in [2.05, 4.69) is 4.98 Å². The van der Waals surface area contributed by atoms with E-state index in [4.69, 9.17) is 4.18 Å². The van der Waals surface area contributed by atoms with E-state index in [1.807, 2.05) is 6.92 Å². The SMILES string of the molecule is Cc1ccc(S(=O)(=O)OCCn2c([N+](=O)[O-])cnc2/C=C/N(C)C)cc1. The van der Waals surface area contributed by atoms with Crippen LogP contribution in [0.25, 0.3) is 6.08 Å². The van der Waals surface area contributed by atoms with Crippen LogP contribution in [0.1, 0.15) is 11.4 Å². The van der Waals surface area contributed by atoms with Crippen molar-refractivity contribution >= 4 is 22.0 Å². The zero-order valence-corrected chi connectivity index (χ0v) is 15.5. The Morgan fingerprint density at radius 3 is 2.54 bits per heavy atom. The molecule has 0 aliphatic heterocycles. The van der Waals surface area contributed by atoms with Crippen LogP contribution in [-0.4, -0.2) is 48.5 Å². The number of hydrogen-bond donors (Lipinski definition) is 0. The smallest absolute Gasteiger partial charge is 0.343 e. The predicted octanol–water partition coefficient (Wildman–Crippen LogP) is 2.04. The highest BCUT2D eigenvalue weighted by Gasteiger charge is 2.21. The first kappa shape index (κ1) is 19.6. The lowest BCUT2D eigenvalue weighted by Gasteiger charge is -2.07. The van der Waals surface area contributed by atoms with Gasteiger partial charge in [-0.3, -0.25) is 4.18 Å². The molecule has 9 nitrogen and oxygen atoms in total. The van der Waals surface area contributed by atoms with Crippen molar-refractivity contribution in [3.05, 3.63) is 58.2 Å². The fraction of sp³-hybridized carbons (Fsp3) is 0.312. The van der Waals surface area contributed by atoms with E-state index >= 15 is 0 Å². The number of aromatic nitrogens is 2. The molecular formula is C16H20N4O5S. The van der Waals surface area contributed by atoms with Crippen LogP contribution in [-0.2, 0) is 20.8 Å². The molecule has 140 valence electrons. The second kappa shape index (κ2) is 8.11. The van der Waals surface area contributed by atoms with Crippen molar-refractivity contribution < 1.29 is 17.5 Å². The van der Waals surface area contributed by atoms with Crippen molar-refractivity contribution in [1.29, 1.82) is 0 Å². The van der Waals surface area contributed by atoms with Gasteiger partial charge in [0.2, 0.25) is 5.82 Å². The standard InChI is InChI=1S/C16H20N4O5S/c1-13-4-6-14(7-5-13)26(23,24)25-11-10-19-15(8-9-18(2)3)17-12-16(19)20(21)22/h4-9,12H,10-11H2,1-3H3/b9-8+. The first-order valence-electron chi connectivity index (χ1n) is 7.71. The highest BCUT2D eigenvalue weighted by molar-refractivity contribution is 7.86. The molecule has 0 atom stereocenters. The maximum absolute atomic E-state index is 12.2. The van der Waals surface area contributed by atoms with Gasteiger partial charge in [-0.25, -0.2) is 9.55 Å². The Balaban J connectivity index is 2.14. The maximum atomic E-state index is 12.2. The third-order valence-corrected chi connectivity index (χ3v) is 4.76. The largest absolute Gasteiger partial charge is 0.383 e. The number of nitrogens with zero attached hydrogens (tertiary/aromatic N) is 4. The lowest BCUT2D eigenvalue weighted by atomic mass is 10.2. The highest BCUT2D eigenvalue weighted by Crippen LogP contribution is 2.17. The monoisotopic (exact) mass is 380 g/mol. The average Bonchev–Trinajstić information content (AvgIpc) is 2.96. The minimum absolute atomic E-state index is 0.0332. The molecule has 10 heteroatoms. The zero-order chi connectivity index (χ0) is 19.3. The summed E-state index contributed by atoms with van der Waals surface area (Å²) in [5.74, 6) is 0.0986. The van der Waals surface area contributed by atoms with Crippen molar-refractivity contribution in [3.8, 4) is 0 Å². The molecule has 0 saturated heterocycles. The Labute approximate surface area is 151 Å². The molecule has 0 aliphatic carbocycles. The minimum atomic E-state index is -3.93. The molecule has 0 unspecified atom stereocenters. The quantitative estimate of drug-likeness (QED) is 0.392. The summed E-state index contributed by atoms with van der Waals surface area (Å²) >= 11 is 0. The molecule has 1 heterocycles. The van der Waals surface area contributed by atoms with Gasteiger partial charge in [-0.15, -0.1) is 0 Å². The molecule has 2 aromatic rings. The van der Waals surface area contributed by atoms with Gasteiger partial charge in [0.05, 0.1) is 4.90 Å². The summed E-state index contributed by atoms with van der Waals surface area (Å²) in [5, 5.41) is 11.1. The van der Waals surface area contributed by atoms with Crippen LogP contribution in [0.5, 0.6) is 0 Å². The van der Waals surface area contributed by atoms with Gasteiger partial charge in [-0.1, -0.05) is 17.7 Å². The van der Waals surface area contributed by atoms with Crippen LogP contribution in [0.3, 0.4) is 0 Å². The fourth-order valence-corrected chi connectivity index (χ4v) is 3.01. The van der Waals surface area contributed by atoms with Crippen molar-refractivity contribution in [1.82, 2.24) is 14.5 Å². The normalized spacial score (nSPS) is 11.8. The van der Waals surface area contributed by atoms with Crippen molar-refractivity contribution in [3.63, 3.8) is 0 Å². The molecule has 0 bridgehead atoms. The summed E-state index contributed by atoms with van der Waals surface area (Å²) in [4.78, 5) is 16.3. The van der Waals surface area contributed by atoms with Crippen molar-refractivity contribution in [2.45, 2.75) is 18.4 Å². The van der Waals surface area contributed by atoms with E-state index in [0.29, 0.717) is 5.82 Å². The van der Waals surface area contributed by atoms with Gasteiger partial charge in [-0.05, 0) is 24.0 Å². The van der Waals surface area contributed by atoms with Gasteiger partial charge < -0.3 is 15.0 Å². The molecule has 0 fully saturated rings. The zero-order valence-electron chi connectivity index (χ0n) is 14.7. The molecule has 1 aromatic carbocycles. The maximum Gasteiger partial charge on any atom is 0.343 e. The van der Waals surface area contributed by atoms with Crippen LogP contribution in [0.2, 0.25) is 0 Å². The molecular weight excluding hydrogens is 360 g/mol. The van der Waals surface area contributed by atoms with E-state index in [0.717, 1.165) is 11.8 Å². The van der Waals surface area contributed by atoms with Crippen LogP contribution in [0.15, 0.2) is 41.6 Å². The summed E-state index contributed by atoms with van der Waals surface area (Å²) in [6.45, 7) is 1.56. The van der Waals surface area contributed by atoms with E-state index in [-0.39, 0.29) is 23.9 Å². The van der Waals surface area contributed by atoms with E-state index in [1.54, 1.807) is 43.4 Å². The molecule has 26 heavy (non-hydrogen) atoms. The summed E-state index contributed by atoms with van der Waals surface area (Å²) in [7, 11) is -0.330. The van der Waals surface area contributed by atoms with E-state index in [1.165, 1.54) is 16.7 Å². The molecule has 0 amide bonds. The number of aryl methyl sites for hydroxylation is 1. The topological polar surface area (TPSA) is 108 Å². The first-order chi connectivity index (χ1) is 12.2. The van der Waals surface area contributed by atoms with Gasteiger partial charge in [0, 0.05) is 26.4 Å². The highest BCUT2D eigenvalue weighted by atomic mass is 32.2. The second-order valence-electron chi connectivity index (χ2n) is 5.75. The van der Waals surface area contributed by atoms with E-state index < -0.39 is 15.0 Å². The Morgan fingerprint density at radius 2 is 1.96 bits per heavy atom. The summed E-state index contributed by atoms with van der Waals surface area (Å²) in [6.07, 6.45) is 4.41. The summed E-state index contributed by atoms with van der Waals surface area (Å²) < 4.78 is 30.7. The molecule has 0 N–H and O–H groups in total. The lowest BCUT2D eigenvalue weighted by molar-refractivity contribution is -0.392. The molecule has 0 spiro atoms. The van der Waals surface area contributed by atoms with Gasteiger partial charge >= 0.3 is 5.82 Å². The van der Waals surface area contributed by atoms with Crippen molar-refractivity contribution in [2.75, 3.05) is 20.7 Å². The molecule has 2 rings (SSSR count). The number of nitro groups is 1. The van der Waals surface area contributed by atoms with Crippen molar-refractivity contribution in [2.24, 2.45) is 0 Å². The lowest BCUT2D eigenvalue weighted by Crippen LogP contribution is -2.14. The Hall–Kier alpha value is -2.72. The van der Waals surface area contributed by atoms with E-state index in [9.17, 15) is 18.5 Å². The Bertz CT molecular complexity index is 901. The molecule has 0 aliphatic rings. The number of imidazole rings is 1. The average molecular weight is 380 g/mol. The first-order valence-corrected chi connectivity index (χ1v) is 9.12. The van der Waals surface area contributed by atoms with Gasteiger partial charge in [-0.2, -0.15) is 8.42 Å². The minimum Gasteiger partial charge on any atom is -0.383 e. The number of benzene rings is 1. The number of hydrogen-bond acceptors (Lipinski definition) is 7. The van der Waals surface area contributed by atoms with Gasteiger partial charge in [0.15, 0.2) is 0 Å². The molecule has 0 saturated carbocycles. The third-order valence-electron chi connectivity index (χ3n) is 3.44. The third kappa shape index (κ3) is 4.90. The van der Waals surface area contributed by atoms with Crippen LogP contribution < -0.4 is 0 Å². The Kier molecular flexibility index (Phi) is 6.11. The fourth-order valence-electron chi connectivity index (χ4n) is 2.12.